The number of aryl methyl sites for hydroxylation is 1. The zero-order valence-electron chi connectivity index (χ0n) is 14.1. The van der Waals surface area contributed by atoms with E-state index in [0.29, 0.717) is 24.8 Å². The predicted molar refractivity (Wildman–Crippen MR) is 95.4 cm³/mol. The molecule has 25 heavy (non-hydrogen) atoms. The Labute approximate surface area is 146 Å². The minimum absolute atomic E-state index is 0.0376. The Kier molecular flexibility index (Phi) is 6.65. The highest BCUT2D eigenvalue weighted by Gasteiger charge is 2.19. The van der Waals surface area contributed by atoms with Crippen molar-refractivity contribution in [2.24, 2.45) is 0 Å². The van der Waals surface area contributed by atoms with Gasteiger partial charge in [0, 0.05) is 23.8 Å². The summed E-state index contributed by atoms with van der Waals surface area (Å²) in [6.07, 6.45) is 1.66. The van der Waals surface area contributed by atoms with Crippen molar-refractivity contribution >= 4 is 11.6 Å². The third-order valence-corrected chi connectivity index (χ3v) is 4.08. The lowest BCUT2D eigenvalue weighted by atomic mass is 10.0. The molecule has 1 unspecified atom stereocenters. The minimum atomic E-state index is -0.462. The summed E-state index contributed by atoms with van der Waals surface area (Å²) in [5, 5.41) is 23.2. The topological polar surface area (TPSA) is 92.5 Å². The van der Waals surface area contributed by atoms with Gasteiger partial charge in [-0.1, -0.05) is 43.3 Å². The first-order valence-electron chi connectivity index (χ1n) is 8.30. The van der Waals surface area contributed by atoms with Crippen LogP contribution in [0, 0.1) is 10.1 Å². The van der Waals surface area contributed by atoms with E-state index in [1.165, 1.54) is 6.07 Å². The number of amides is 1. The van der Waals surface area contributed by atoms with Crippen LogP contribution in [0.25, 0.3) is 0 Å². The van der Waals surface area contributed by atoms with E-state index < -0.39 is 4.92 Å². The van der Waals surface area contributed by atoms with Crippen LogP contribution in [0.5, 0.6) is 0 Å². The zero-order chi connectivity index (χ0) is 18.2. The first-order chi connectivity index (χ1) is 12.1. The van der Waals surface area contributed by atoms with Crippen LogP contribution in [0.1, 0.15) is 47.3 Å². The van der Waals surface area contributed by atoms with E-state index in [1.54, 1.807) is 12.1 Å². The Morgan fingerprint density at radius 3 is 2.56 bits per heavy atom. The summed E-state index contributed by atoms with van der Waals surface area (Å²) in [4.78, 5) is 23.3. The van der Waals surface area contributed by atoms with Gasteiger partial charge in [0.05, 0.1) is 11.0 Å². The number of aliphatic hydroxyl groups is 1. The molecule has 2 aromatic carbocycles. The van der Waals surface area contributed by atoms with Gasteiger partial charge in [-0.3, -0.25) is 14.9 Å². The summed E-state index contributed by atoms with van der Waals surface area (Å²) < 4.78 is 0. The van der Waals surface area contributed by atoms with E-state index in [2.05, 4.69) is 5.32 Å². The number of benzene rings is 2. The second-order valence-electron chi connectivity index (χ2n) is 5.76. The molecular formula is C19H22N2O4. The lowest BCUT2D eigenvalue weighted by Gasteiger charge is -2.19. The minimum Gasteiger partial charge on any atom is -0.396 e. The normalized spacial score (nSPS) is 11.8. The fraction of sp³-hybridized carbons (Fsp3) is 0.316. The standard InChI is InChI=1S/C19H22N2O4/c1-2-14-10-11-16(13-18(14)21(24)25)19(23)20-17(9-6-12-22)15-7-4-3-5-8-15/h3-5,7-8,10-11,13,17,22H,2,6,9,12H2,1H3,(H,20,23). The number of nitrogens with one attached hydrogen (secondary N) is 1. The smallest absolute Gasteiger partial charge is 0.273 e. The van der Waals surface area contributed by atoms with Crippen molar-refractivity contribution in [2.45, 2.75) is 32.2 Å². The summed E-state index contributed by atoms with van der Waals surface area (Å²) in [6.45, 7) is 1.87. The Morgan fingerprint density at radius 2 is 1.96 bits per heavy atom. The lowest BCUT2D eigenvalue weighted by Crippen LogP contribution is -2.28. The van der Waals surface area contributed by atoms with Crippen molar-refractivity contribution in [3.8, 4) is 0 Å². The van der Waals surface area contributed by atoms with Crippen molar-refractivity contribution in [1.29, 1.82) is 0 Å². The maximum absolute atomic E-state index is 12.6. The fourth-order valence-electron chi connectivity index (χ4n) is 2.72. The maximum atomic E-state index is 12.6. The fourth-order valence-corrected chi connectivity index (χ4v) is 2.72. The van der Waals surface area contributed by atoms with E-state index in [9.17, 15) is 14.9 Å². The number of nitro benzene ring substituents is 1. The molecule has 6 nitrogen and oxygen atoms in total. The number of hydrogen-bond acceptors (Lipinski definition) is 4. The molecule has 0 radical (unpaired) electrons. The van der Waals surface area contributed by atoms with Crippen LogP contribution in [-0.4, -0.2) is 22.5 Å². The SMILES string of the molecule is CCc1ccc(C(=O)NC(CCCO)c2ccccc2)cc1[N+](=O)[O-]. The van der Waals surface area contributed by atoms with Crippen LogP contribution in [0.15, 0.2) is 48.5 Å². The van der Waals surface area contributed by atoms with Gasteiger partial charge >= 0.3 is 0 Å². The average Bonchev–Trinajstić information content (AvgIpc) is 2.65. The highest BCUT2D eigenvalue weighted by atomic mass is 16.6. The molecule has 1 amide bonds. The second-order valence-corrected chi connectivity index (χ2v) is 5.76. The van der Waals surface area contributed by atoms with Crippen molar-refractivity contribution in [3.05, 3.63) is 75.3 Å². The summed E-state index contributed by atoms with van der Waals surface area (Å²) >= 11 is 0. The Bertz CT molecular complexity index is 731. The third kappa shape index (κ3) is 4.87. The van der Waals surface area contributed by atoms with E-state index in [0.717, 1.165) is 5.56 Å². The second kappa shape index (κ2) is 8.94. The quantitative estimate of drug-likeness (QED) is 0.568. The van der Waals surface area contributed by atoms with Crippen LogP contribution in [0.3, 0.4) is 0 Å². The van der Waals surface area contributed by atoms with Gasteiger partial charge < -0.3 is 10.4 Å². The Morgan fingerprint density at radius 1 is 1.24 bits per heavy atom. The highest BCUT2D eigenvalue weighted by molar-refractivity contribution is 5.95. The number of nitrogens with zero attached hydrogens (tertiary/aromatic N) is 1. The van der Waals surface area contributed by atoms with Gasteiger partial charge in [0.2, 0.25) is 0 Å². The number of rotatable bonds is 8. The maximum Gasteiger partial charge on any atom is 0.273 e. The van der Waals surface area contributed by atoms with Crippen molar-refractivity contribution < 1.29 is 14.8 Å². The van der Waals surface area contributed by atoms with E-state index in [1.807, 2.05) is 37.3 Å². The van der Waals surface area contributed by atoms with Gasteiger partial charge in [0.1, 0.15) is 0 Å². The molecule has 0 heterocycles. The molecule has 132 valence electrons. The predicted octanol–water partition coefficient (Wildman–Crippen LogP) is 3.40. The summed E-state index contributed by atoms with van der Waals surface area (Å²) in [5.74, 6) is -0.363. The summed E-state index contributed by atoms with van der Waals surface area (Å²) in [5.41, 5.74) is 1.75. The van der Waals surface area contributed by atoms with Crippen molar-refractivity contribution in [3.63, 3.8) is 0 Å². The molecule has 2 N–H and O–H groups in total. The number of aliphatic hydroxyl groups excluding tert-OH is 1. The van der Waals surface area contributed by atoms with Crippen LogP contribution >= 0.6 is 0 Å². The lowest BCUT2D eigenvalue weighted by molar-refractivity contribution is -0.385. The number of nitro groups is 1. The highest BCUT2D eigenvalue weighted by Crippen LogP contribution is 2.23. The Balaban J connectivity index is 2.23. The molecule has 0 aromatic heterocycles. The van der Waals surface area contributed by atoms with Gasteiger partial charge in [-0.2, -0.15) is 0 Å². The van der Waals surface area contributed by atoms with Gasteiger partial charge in [0.25, 0.3) is 11.6 Å². The monoisotopic (exact) mass is 342 g/mol. The van der Waals surface area contributed by atoms with Crippen molar-refractivity contribution in [2.75, 3.05) is 6.61 Å². The first-order valence-corrected chi connectivity index (χ1v) is 8.30. The zero-order valence-corrected chi connectivity index (χ0v) is 14.1. The summed E-state index contributed by atoms with van der Waals surface area (Å²) in [6, 6.07) is 13.8. The van der Waals surface area contributed by atoms with Crippen LogP contribution in [0.4, 0.5) is 5.69 Å². The van der Waals surface area contributed by atoms with Crippen LogP contribution < -0.4 is 5.32 Å². The van der Waals surface area contributed by atoms with Crippen molar-refractivity contribution in [1.82, 2.24) is 5.32 Å². The van der Waals surface area contributed by atoms with E-state index in [-0.39, 0.29) is 29.8 Å². The molecule has 0 aliphatic carbocycles. The molecule has 0 aliphatic rings. The number of hydrogen-bond donors (Lipinski definition) is 2. The van der Waals surface area contributed by atoms with Crippen LogP contribution in [0.2, 0.25) is 0 Å². The van der Waals surface area contributed by atoms with E-state index in [4.69, 9.17) is 5.11 Å². The molecule has 1 atom stereocenters. The number of carbonyl (C=O) groups is 1. The molecule has 6 heteroatoms. The third-order valence-electron chi connectivity index (χ3n) is 4.08. The first kappa shape index (κ1) is 18.6. The molecule has 0 saturated heterocycles. The van der Waals surface area contributed by atoms with Gasteiger partial charge in [-0.05, 0) is 30.9 Å². The largest absolute Gasteiger partial charge is 0.396 e. The molecule has 0 fully saturated rings. The average molecular weight is 342 g/mol. The molecule has 0 spiro atoms. The molecule has 0 aliphatic heterocycles. The molecular weight excluding hydrogens is 320 g/mol. The number of carbonyl (C=O) groups excluding carboxylic acids is 1. The molecule has 0 bridgehead atoms. The van der Waals surface area contributed by atoms with Gasteiger partial charge in [-0.25, -0.2) is 0 Å². The van der Waals surface area contributed by atoms with Gasteiger partial charge in [-0.15, -0.1) is 0 Å². The summed E-state index contributed by atoms with van der Waals surface area (Å²) in [7, 11) is 0. The molecule has 0 saturated carbocycles. The van der Waals surface area contributed by atoms with Gasteiger partial charge in [0.15, 0.2) is 0 Å². The van der Waals surface area contributed by atoms with E-state index >= 15 is 0 Å². The molecule has 2 rings (SSSR count). The van der Waals surface area contributed by atoms with Crippen LogP contribution in [-0.2, 0) is 6.42 Å². The Hall–Kier alpha value is -2.73. The molecule has 2 aromatic rings.